The van der Waals surface area contributed by atoms with Crippen LogP contribution in [0.5, 0.6) is 0 Å². The van der Waals surface area contributed by atoms with E-state index in [1.807, 2.05) is 49.5 Å². The Morgan fingerprint density at radius 1 is 1.14 bits per heavy atom. The van der Waals surface area contributed by atoms with Gasteiger partial charge in [-0.1, -0.05) is 59.6 Å². The standard InChI is InChI=1S/C17H17Cl2NOS/c1-20(10-13-5-3-2-4-6-13)17(21)12-22-11-14-7-8-15(18)9-16(14)19/h2-9H,10-12H2,1H3. The molecule has 2 aromatic carbocycles. The third-order valence-electron chi connectivity index (χ3n) is 3.19. The van der Waals surface area contributed by atoms with E-state index in [1.165, 1.54) is 0 Å². The zero-order valence-corrected chi connectivity index (χ0v) is 14.6. The SMILES string of the molecule is CN(Cc1ccccc1)C(=O)CSCc1ccc(Cl)cc1Cl. The van der Waals surface area contributed by atoms with E-state index in [4.69, 9.17) is 23.2 Å². The summed E-state index contributed by atoms with van der Waals surface area (Å²) in [5.41, 5.74) is 2.12. The van der Waals surface area contributed by atoms with Crippen LogP contribution in [-0.2, 0) is 17.1 Å². The number of carbonyl (C=O) groups is 1. The predicted octanol–water partition coefficient (Wildman–Crippen LogP) is 4.89. The van der Waals surface area contributed by atoms with E-state index < -0.39 is 0 Å². The Balaban J connectivity index is 1.80. The van der Waals surface area contributed by atoms with Crippen molar-refractivity contribution >= 4 is 40.9 Å². The van der Waals surface area contributed by atoms with Gasteiger partial charge < -0.3 is 4.90 Å². The Morgan fingerprint density at radius 3 is 2.55 bits per heavy atom. The number of amides is 1. The summed E-state index contributed by atoms with van der Waals surface area (Å²) in [5.74, 6) is 1.24. The maximum absolute atomic E-state index is 12.1. The average molecular weight is 354 g/mol. The normalized spacial score (nSPS) is 10.5. The number of hydrogen-bond donors (Lipinski definition) is 0. The summed E-state index contributed by atoms with van der Waals surface area (Å²) in [6.07, 6.45) is 0. The summed E-state index contributed by atoms with van der Waals surface area (Å²) in [6.45, 7) is 0.627. The third kappa shape index (κ3) is 5.24. The van der Waals surface area contributed by atoms with Gasteiger partial charge in [0.25, 0.3) is 0 Å². The molecule has 0 aromatic heterocycles. The highest BCUT2D eigenvalue weighted by Gasteiger charge is 2.10. The molecular formula is C17H17Cl2NOS. The van der Waals surface area contributed by atoms with Crippen molar-refractivity contribution in [1.29, 1.82) is 0 Å². The summed E-state index contributed by atoms with van der Waals surface area (Å²) in [4.78, 5) is 13.9. The van der Waals surface area contributed by atoms with Crippen molar-refractivity contribution in [2.45, 2.75) is 12.3 Å². The zero-order valence-electron chi connectivity index (χ0n) is 12.3. The van der Waals surface area contributed by atoms with E-state index in [-0.39, 0.29) is 5.91 Å². The Bertz CT molecular complexity index is 634. The van der Waals surface area contributed by atoms with Gasteiger partial charge in [-0.05, 0) is 23.3 Å². The molecule has 0 N–H and O–H groups in total. The Hall–Kier alpha value is -1.16. The van der Waals surface area contributed by atoms with Gasteiger partial charge >= 0.3 is 0 Å². The van der Waals surface area contributed by atoms with Crippen molar-refractivity contribution < 1.29 is 4.79 Å². The topological polar surface area (TPSA) is 20.3 Å². The van der Waals surface area contributed by atoms with Gasteiger partial charge in [-0.2, -0.15) is 0 Å². The number of nitrogens with zero attached hydrogens (tertiary/aromatic N) is 1. The molecule has 0 aliphatic rings. The lowest BCUT2D eigenvalue weighted by Crippen LogP contribution is -2.27. The van der Waals surface area contributed by atoms with Crippen LogP contribution in [0.25, 0.3) is 0 Å². The molecule has 5 heteroatoms. The van der Waals surface area contributed by atoms with Crippen LogP contribution < -0.4 is 0 Å². The van der Waals surface area contributed by atoms with Gasteiger partial charge in [0.2, 0.25) is 5.91 Å². The molecule has 0 aliphatic heterocycles. The maximum atomic E-state index is 12.1. The van der Waals surface area contributed by atoms with Gasteiger partial charge in [-0.15, -0.1) is 11.8 Å². The lowest BCUT2D eigenvalue weighted by molar-refractivity contribution is -0.127. The Labute approximate surface area is 145 Å². The second kappa shape index (κ2) is 8.47. The Morgan fingerprint density at radius 2 is 1.86 bits per heavy atom. The fourth-order valence-corrected chi connectivity index (χ4v) is 3.47. The molecule has 0 spiro atoms. The van der Waals surface area contributed by atoms with E-state index >= 15 is 0 Å². The first-order valence-electron chi connectivity index (χ1n) is 6.86. The third-order valence-corrected chi connectivity index (χ3v) is 4.74. The largest absolute Gasteiger partial charge is 0.341 e. The molecule has 22 heavy (non-hydrogen) atoms. The van der Waals surface area contributed by atoms with E-state index in [0.717, 1.165) is 11.1 Å². The lowest BCUT2D eigenvalue weighted by Gasteiger charge is -2.17. The maximum Gasteiger partial charge on any atom is 0.232 e. The highest BCUT2D eigenvalue weighted by atomic mass is 35.5. The molecule has 0 saturated carbocycles. The summed E-state index contributed by atoms with van der Waals surface area (Å²) >= 11 is 13.5. The van der Waals surface area contributed by atoms with E-state index in [9.17, 15) is 4.79 Å². The minimum Gasteiger partial charge on any atom is -0.341 e. The van der Waals surface area contributed by atoms with Crippen LogP contribution in [0.15, 0.2) is 48.5 Å². The lowest BCUT2D eigenvalue weighted by atomic mass is 10.2. The number of hydrogen-bond acceptors (Lipinski definition) is 2. The van der Waals surface area contributed by atoms with E-state index in [0.29, 0.717) is 28.1 Å². The molecule has 116 valence electrons. The molecule has 0 heterocycles. The first-order valence-corrected chi connectivity index (χ1v) is 8.77. The minimum absolute atomic E-state index is 0.110. The van der Waals surface area contributed by atoms with Gasteiger partial charge in [-0.3, -0.25) is 4.79 Å². The van der Waals surface area contributed by atoms with Crippen molar-refractivity contribution in [2.75, 3.05) is 12.8 Å². The molecule has 0 atom stereocenters. The molecule has 1 amide bonds. The highest BCUT2D eigenvalue weighted by molar-refractivity contribution is 7.99. The van der Waals surface area contributed by atoms with Crippen LogP contribution in [0.2, 0.25) is 10.0 Å². The van der Waals surface area contributed by atoms with Gasteiger partial charge in [0.05, 0.1) is 5.75 Å². The first kappa shape index (κ1) is 17.2. The van der Waals surface area contributed by atoms with Gasteiger partial charge in [0.1, 0.15) is 0 Å². The highest BCUT2D eigenvalue weighted by Crippen LogP contribution is 2.24. The van der Waals surface area contributed by atoms with Crippen molar-refractivity contribution in [3.8, 4) is 0 Å². The van der Waals surface area contributed by atoms with Crippen LogP contribution in [0.3, 0.4) is 0 Å². The predicted molar refractivity (Wildman–Crippen MR) is 95.5 cm³/mol. The average Bonchev–Trinajstić information content (AvgIpc) is 2.50. The van der Waals surface area contributed by atoms with E-state index in [2.05, 4.69) is 0 Å². The molecule has 2 aromatic rings. The molecule has 2 nitrogen and oxygen atoms in total. The second-order valence-corrected chi connectivity index (χ2v) is 6.79. The molecule has 0 radical (unpaired) electrons. The molecule has 2 rings (SSSR count). The summed E-state index contributed by atoms with van der Waals surface area (Å²) < 4.78 is 0. The smallest absolute Gasteiger partial charge is 0.232 e. The monoisotopic (exact) mass is 353 g/mol. The molecule has 0 unspecified atom stereocenters. The molecule has 0 saturated heterocycles. The summed E-state index contributed by atoms with van der Waals surface area (Å²) in [5, 5.41) is 1.27. The van der Waals surface area contributed by atoms with Crippen LogP contribution in [0.4, 0.5) is 0 Å². The van der Waals surface area contributed by atoms with Crippen LogP contribution in [0, 0.1) is 0 Å². The molecule has 0 fully saturated rings. The molecule has 0 bridgehead atoms. The number of carbonyl (C=O) groups excluding carboxylic acids is 1. The number of thioether (sulfide) groups is 1. The van der Waals surface area contributed by atoms with Crippen LogP contribution in [-0.4, -0.2) is 23.6 Å². The van der Waals surface area contributed by atoms with Crippen molar-refractivity contribution in [3.63, 3.8) is 0 Å². The van der Waals surface area contributed by atoms with Crippen molar-refractivity contribution in [1.82, 2.24) is 4.90 Å². The van der Waals surface area contributed by atoms with Gasteiger partial charge in [0, 0.05) is 29.4 Å². The van der Waals surface area contributed by atoms with Crippen LogP contribution in [0.1, 0.15) is 11.1 Å². The zero-order chi connectivity index (χ0) is 15.9. The number of rotatable bonds is 6. The molecule has 0 aliphatic carbocycles. The van der Waals surface area contributed by atoms with Gasteiger partial charge in [-0.25, -0.2) is 0 Å². The number of halogens is 2. The summed E-state index contributed by atoms with van der Waals surface area (Å²) in [6, 6.07) is 15.4. The first-order chi connectivity index (χ1) is 10.6. The van der Waals surface area contributed by atoms with Crippen molar-refractivity contribution in [2.24, 2.45) is 0 Å². The fraction of sp³-hybridized carbons (Fsp3) is 0.235. The van der Waals surface area contributed by atoms with Crippen molar-refractivity contribution in [3.05, 3.63) is 69.7 Å². The summed E-state index contributed by atoms with van der Waals surface area (Å²) in [7, 11) is 1.82. The Kier molecular flexibility index (Phi) is 6.62. The number of benzene rings is 2. The minimum atomic E-state index is 0.110. The van der Waals surface area contributed by atoms with Crippen LogP contribution >= 0.6 is 35.0 Å². The quantitative estimate of drug-likeness (QED) is 0.737. The molecular weight excluding hydrogens is 337 g/mol. The van der Waals surface area contributed by atoms with Gasteiger partial charge in [0.15, 0.2) is 0 Å². The fourth-order valence-electron chi connectivity index (χ4n) is 1.94. The van der Waals surface area contributed by atoms with E-state index in [1.54, 1.807) is 22.7 Å². The second-order valence-electron chi connectivity index (χ2n) is 4.96.